The van der Waals surface area contributed by atoms with Crippen molar-refractivity contribution in [2.75, 3.05) is 13.3 Å². The second kappa shape index (κ2) is 8.55. The molecule has 0 aliphatic carbocycles. The molecule has 162 valence electrons. The minimum Gasteiger partial charge on any atom is -0.469 e. The SMILES string of the molecule is CCn1cc(C(=O)N[C@@H](C)C(=O)NCCc2ccco2)c(=O)c2cc3c(cc21)OCO3. The van der Waals surface area contributed by atoms with Gasteiger partial charge < -0.3 is 29.1 Å². The van der Waals surface area contributed by atoms with Gasteiger partial charge in [-0.05, 0) is 32.0 Å². The van der Waals surface area contributed by atoms with Gasteiger partial charge in [-0.3, -0.25) is 14.4 Å². The maximum atomic E-state index is 13.0. The largest absolute Gasteiger partial charge is 0.469 e. The Labute approximate surface area is 177 Å². The van der Waals surface area contributed by atoms with Crippen LogP contribution in [0.5, 0.6) is 11.5 Å². The molecule has 2 N–H and O–H groups in total. The summed E-state index contributed by atoms with van der Waals surface area (Å²) in [6, 6.07) is 6.11. The lowest BCUT2D eigenvalue weighted by atomic mass is 10.1. The second-order valence-corrected chi connectivity index (χ2v) is 7.20. The van der Waals surface area contributed by atoms with Gasteiger partial charge in [0.05, 0.1) is 17.2 Å². The van der Waals surface area contributed by atoms with Crippen molar-refractivity contribution in [3.63, 3.8) is 0 Å². The molecule has 1 aliphatic heterocycles. The van der Waals surface area contributed by atoms with E-state index >= 15 is 0 Å². The Balaban J connectivity index is 1.50. The van der Waals surface area contributed by atoms with Crippen LogP contribution in [0, 0.1) is 0 Å². The van der Waals surface area contributed by atoms with E-state index in [1.165, 1.54) is 6.20 Å². The number of benzene rings is 1. The van der Waals surface area contributed by atoms with Gasteiger partial charge in [0.15, 0.2) is 11.5 Å². The molecule has 3 aromatic rings. The highest BCUT2D eigenvalue weighted by molar-refractivity contribution is 6.00. The molecular formula is C22H23N3O6. The summed E-state index contributed by atoms with van der Waals surface area (Å²) < 4.78 is 17.8. The minimum atomic E-state index is -0.814. The summed E-state index contributed by atoms with van der Waals surface area (Å²) in [4.78, 5) is 38.1. The van der Waals surface area contributed by atoms with Crippen LogP contribution in [0.1, 0.15) is 30.0 Å². The second-order valence-electron chi connectivity index (χ2n) is 7.20. The highest BCUT2D eigenvalue weighted by Crippen LogP contribution is 2.35. The number of aromatic nitrogens is 1. The Hall–Kier alpha value is -3.75. The average molecular weight is 425 g/mol. The topological polar surface area (TPSA) is 112 Å². The number of pyridine rings is 1. The summed E-state index contributed by atoms with van der Waals surface area (Å²) in [6.07, 6.45) is 3.62. The van der Waals surface area contributed by atoms with Crippen LogP contribution in [0.25, 0.3) is 10.9 Å². The molecule has 0 spiro atoms. The molecule has 0 unspecified atom stereocenters. The van der Waals surface area contributed by atoms with E-state index in [-0.39, 0.29) is 18.3 Å². The van der Waals surface area contributed by atoms with Crippen molar-refractivity contribution in [3.8, 4) is 11.5 Å². The van der Waals surface area contributed by atoms with Crippen LogP contribution >= 0.6 is 0 Å². The Morgan fingerprint density at radius 1 is 1.23 bits per heavy atom. The molecular weight excluding hydrogens is 402 g/mol. The van der Waals surface area contributed by atoms with Gasteiger partial charge in [-0.15, -0.1) is 0 Å². The van der Waals surface area contributed by atoms with Gasteiger partial charge in [0.25, 0.3) is 5.91 Å². The molecule has 0 radical (unpaired) electrons. The minimum absolute atomic E-state index is 0.0385. The van der Waals surface area contributed by atoms with Crippen LogP contribution in [-0.2, 0) is 17.8 Å². The first-order chi connectivity index (χ1) is 15.0. The molecule has 9 nitrogen and oxygen atoms in total. The first-order valence-corrected chi connectivity index (χ1v) is 10.1. The zero-order valence-electron chi connectivity index (χ0n) is 17.3. The highest BCUT2D eigenvalue weighted by atomic mass is 16.7. The lowest BCUT2D eigenvalue weighted by Gasteiger charge is -2.16. The highest BCUT2D eigenvalue weighted by Gasteiger charge is 2.23. The fraction of sp³-hybridized carbons (Fsp3) is 0.318. The number of ether oxygens (including phenoxy) is 2. The molecule has 31 heavy (non-hydrogen) atoms. The van der Waals surface area contributed by atoms with Gasteiger partial charge in [0, 0.05) is 31.8 Å². The lowest BCUT2D eigenvalue weighted by molar-refractivity contribution is -0.122. The molecule has 0 fully saturated rings. The zero-order valence-corrected chi connectivity index (χ0v) is 17.3. The molecule has 9 heteroatoms. The molecule has 0 saturated carbocycles. The van der Waals surface area contributed by atoms with E-state index in [9.17, 15) is 14.4 Å². The monoisotopic (exact) mass is 425 g/mol. The molecule has 0 saturated heterocycles. The van der Waals surface area contributed by atoms with Crippen LogP contribution in [0.4, 0.5) is 0 Å². The van der Waals surface area contributed by atoms with E-state index in [4.69, 9.17) is 13.9 Å². The average Bonchev–Trinajstić information content (AvgIpc) is 3.44. The van der Waals surface area contributed by atoms with Gasteiger partial charge in [-0.1, -0.05) is 0 Å². The van der Waals surface area contributed by atoms with Crippen LogP contribution in [-0.4, -0.2) is 35.8 Å². The van der Waals surface area contributed by atoms with Gasteiger partial charge >= 0.3 is 0 Å². The normalized spacial score (nSPS) is 13.2. The Morgan fingerprint density at radius 2 is 2.00 bits per heavy atom. The Bertz CT molecular complexity index is 1180. The Kier molecular flexibility index (Phi) is 5.66. The predicted molar refractivity (Wildman–Crippen MR) is 112 cm³/mol. The third kappa shape index (κ3) is 4.11. The van der Waals surface area contributed by atoms with Crippen molar-refractivity contribution in [1.29, 1.82) is 0 Å². The summed E-state index contributed by atoms with van der Waals surface area (Å²) >= 11 is 0. The summed E-state index contributed by atoms with van der Waals surface area (Å²) in [5, 5.41) is 5.71. The number of furan rings is 1. The summed E-state index contributed by atoms with van der Waals surface area (Å²) in [5.41, 5.74) is 0.182. The number of hydrogen-bond donors (Lipinski definition) is 2. The smallest absolute Gasteiger partial charge is 0.257 e. The standard InChI is InChI=1S/C22H23N3O6/c1-3-25-11-16(20(26)15-9-18-19(10-17(15)25)31-12-30-18)22(28)24-13(2)21(27)23-7-6-14-5-4-8-29-14/h4-5,8-11,13H,3,6-7,12H2,1-2H3,(H,23,27)(H,24,28)/t13-/m0/s1. The molecule has 2 amide bonds. The van der Waals surface area contributed by atoms with Crippen molar-refractivity contribution < 1.29 is 23.5 Å². The predicted octanol–water partition coefficient (Wildman–Crippen LogP) is 1.82. The van der Waals surface area contributed by atoms with E-state index in [2.05, 4.69) is 10.6 Å². The lowest BCUT2D eigenvalue weighted by Crippen LogP contribution is -2.46. The first-order valence-electron chi connectivity index (χ1n) is 10.1. The van der Waals surface area contributed by atoms with Crippen molar-refractivity contribution in [2.45, 2.75) is 32.9 Å². The van der Waals surface area contributed by atoms with Crippen LogP contribution in [0.2, 0.25) is 0 Å². The maximum Gasteiger partial charge on any atom is 0.257 e. The van der Waals surface area contributed by atoms with Crippen LogP contribution in [0.3, 0.4) is 0 Å². The van der Waals surface area contributed by atoms with Gasteiger partial charge in [0.1, 0.15) is 17.4 Å². The molecule has 2 aromatic heterocycles. The summed E-state index contributed by atoms with van der Waals surface area (Å²) in [5.74, 6) is 0.828. The molecule has 4 rings (SSSR count). The van der Waals surface area contributed by atoms with Crippen molar-refractivity contribution in [1.82, 2.24) is 15.2 Å². The molecule has 1 atom stereocenters. The number of carbonyl (C=O) groups excluding carboxylic acids is 2. The molecule has 3 heterocycles. The zero-order chi connectivity index (χ0) is 22.0. The quantitative estimate of drug-likeness (QED) is 0.597. The van der Waals surface area contributed by atoms with Crippen LogP contribution in [0.15, 0.2) is 45.9 Å². The summed E-state index contributed by atoms with van der Waals surface area (Å²) in [7, 11) is 0. The van der Waals surface area contributed by atoms with E-state index in [0.29, 0.717) is 41.9 Å². The number of nitrogens with zero attached hydrogens (tertiary/aromatic N) is 1. The van der Waals surface area contributed by atoms with E-state index < -0.39 is 17.4 Å². The molecule has 1 aliphatic rings. The fourth-order valence-corrected chi connectivity index (χ4v) is 3.46. The number of hydrogen-bond acceptors (Lipinski definition) is 6. The van der Waals surface area contributed by atoms with Gasteiger partial charge in [-0.25, -0.2) is 0 Å². The third-order valence-corrected chi connectivity index (χ3v) is 5.15. The van der Waals surface area contributed by atoms with Gasteiger partial charge in [0.2, 0.25) is 18.1 Å². The number of carbonyl (C=O) groups is 2. The van der Waals surface area contributed by atoms with Crippen LogP contribution < -0.4 is 25.5 Å². The van der Waals surface area contributed by atoms with E-state index in [1.807, 2.05) is 13.0 Å². The maximum absolute atomic E-state index is 13.0. The fourth-order valence-electron chi connectivity index (χ4n) is 3.46. The van der Waals surface area contributed by atoms with Crippen molar-refractivity contribution in [2.24, 2.45) is 0 Å². The van der Waals surface area contributed by atoms with E-state index in [1.54, 1.807) is 36.0 Å². The first kappa shape index (κ1) is 20.5. The molecule has 0 bridgehead atoms. The summed E-state index contributed by atoms with van der Waals surface area (Å²) in [6.45, 7) is 4.48. The number of amides is 2. The number of rotatable bonds is 7. The van der Waals surface area contributed by atoms with Gasteiger partial charge in [-0.2, -0.15) is 0 Å². The van der Waals surface area contributed by atoms with Crippen molar-refractivity contribution in [3.05, 3.63) is 58.3 Å². The molecule has 1 aromatic carbocycles. The van der Waals surface area contributed by atoms with E-state index in [0.717, 1.165) is 5.76 Å². The number of fused-ring (bicyclic) bond motifs is 2. The Morgan fingerprint density at radius 3 is 2.71 bits per heavy atom. The number of aryl methyl sites for hydroxylation is 1. The number of nitrogens with one attached hydrogen (secondary N) is 2. The van der Waals surface area contributed by atoms with Crippen molar-refractivity contribution >= 4 is 22.7 Å². The third-order valence-electron chi connectivity index (χ3n) is 5.15.